The number of halogens is 2. The molecule has 9 heteroatoms. The van der Waals surface area contributed by atoms with E-state index < -0.39 is 28.9 Å². The lowest BCUT2D eigenvalue weighted by Crippen LogP contribution is -2.21. The SMILES string of the molecule is CC1=C(C(=O)Nc2nnc(C(F)F)s2)C(=O)OC1(C)C. The lowest BCUT2D eigenvalue weighted by Gasteiger charge is -2.17. The van der Waals surface area contributed by atoms with Gasteiger partial charge in [-0.1, -0.05) is 11.3 Å². The van der Waals surface area contributed by atoms with Crippen LogP contribution in [0.3, 0.4) is 0 Å². The van der Waals surface area contributed by atoms with Crippen LogP contribution in [0.1, 0.15) is 32.2 Å². The standard InChI is InChI=1S/C11H11F2N3O3S/c1-4-5(9(18)19-11(4,2)3)7(17)14-10-16-15-8(20-10)6(12)13/h6H,1-3H3,(H,14,16,17). The Morgan fingerprint density at radius 2 is 2.05 bits per heavy atom. The summed E-state index contributed by atoms with van der Waals surface area (Å²) in [5, 5.41) is 8.33. The summed E-state index contributed by atoms with van der Waals surface area (Å²) in [4.78, 5) is 23.6. The smallest absolute Gasteiger partial charge is 0.344 e. The minimum atomic E-state index is -2.76. The largest absolute Gasteiger partial charge is 0.451 e. The number of aromatic nitrogens is 2. The molecule has 0 fully saturated rings. The summed E-state index contributed by atoms with van der Waals surface area (Å²) < 4.78 is 29.8. The molecule has 108 valence electrons. The van der Waals surface area contributed by atoms with Gasteiger partial charge in [0.25, 0.3) is 12.3 Å². The van der Waals surface area contributed by atoms with Gasteiger partial charge in [0.05, 0.1) is 0 Å². The number of ether oxygens (including phenoxy) is 1. The molecule has 2 heterocycles. The predicted molar refractivity (Wildman–Crippen MR) is 66.4 cm³/mol. The van der Waals surface area contributed by atoms with Crippen molar-refractivity contribution in [2.75, 3.05) is 5.32 Å². The maximum atomic E-state index is 12.4. The highest BCUT2D eigenvalue weighted by Crippen LogP contribution is 2.33. The van der Waals surface area contributed by atoms with Gasteiger partial charge < -0.3 is 4.74 Å². The van der Waals surface area contributed by atoms with Gasteiger partial charge in [0.2, 0.25) is 5.13 Å². The maximum absolute atomic E-state index is 12.4. The van der Waals surface area contributed by atoms with Crippen molar-refractivity contribution in [2.45, 2.75) is 32.8 Å². The summed E-state index contributed by atoms with van der Waals surface area (Å²) in [6.45, 7) is 4.91. The average Bonchev–Trinajstić information content (AvgIpc) is 2.83. The highest BCUT2D eigenvalue weighted by molar-refractivity contribution is 7.15. The molecule has 6 nitrogen and oxygen atoms in total. The number of hydrogen-bond donors (Lipinski definition) is 1. The molecule has 0 saturated heterocycles. The maximum Gasteiger partial charge on any atom is 0.344 e. The van der Waals surface area contributed by atoms with Crippen LogP contribution < -0.4 is 5.32 Å². The number of carbonyl (C=O) groups is 2. The molecule has 1 aliphatic heterocycles. The fourth-order valence-electron chi connectivity index (χ4n) is 1.61. The first-order valence-corrected chi connectivity index (χ1v) is 6.41. The fourth-order valence-corrected chi connectivity index (χ4v) is 2.20. The van der Waals surface area contributed by atoms with Crippen LogP contribution in [0.25, 0.3) is 0 Å². The third kappa shape index (κ3) is 2.53. The van der Waals surface area contributed by atoms with Crippen LogP contribution in [0.15, 0.2) is 11.1 Å². The molecule has 0 atom stereocenters. The van der Waals surface area contributed by atoms with Gasteiger partial charge in [-0.2, -0.15) is 0 Å². The topological polar surface area (TPSA) is 81.2 Å². The quantitative estimate of drug-likeness (QED) is 0.683. The third-order valence-corrected chi connectivity index (χ3v) is 3.75. The molecule has 0 radical (unpaired) electrons. The molecule has 1 N–H and O–H groups in total. The van der Waals surface area contributed by atoms with Crippen molar-refractivity contribution >= 4 is 28.3 Å². The molecule has 1 amide bonds. The van der Waals surface area contributed by atoms with Crippen molar-refractivity contribution in [3.05, 3.63) is 16.2 Å². The molecule has 1 aromatic heterocycles. The van der Waals surface area contributed by atoms with Gasteiger partial charge in [-0.25, -0.2) is 13.6 Å². The van der Waals surface area contributed by atoms with Crippen molar-refractivity contribution in [3.63, 3.8) is 0 Å². The van der Waals surface area contributed by atoms with Crippen LogP contribution in [0.4, 0.5) is 13.9 Å². The Labute approximate surface area is 116 Å². The zero-order valence-corrected chi connectivity index (χ0v) is 11.7. The van der Waals surface area contributed by atoms with Crippen molar-refractivity contribution in [2.24, 2.45) is 0 Å². The third-order valence-electron chi connectivity index (χ3n) is 2.90. The van der Waals surface area contributed by atoms with E-state index in [4.69, 9.17) is 4.74 Å². The molecule has 1 aliphatic rings. The summed E-state index contributed by atoms with van der Waals surface area (Å²) in [6, 6.07) is 0. The van der Waals surface area contributed by atoms with Gasteiger partial charge in [0, 0.05) is 0 Å². The monoisotopic (exact) mass is 303 g/mol. The number of rotatable bonds is 3. The minimum Gasteiger partial charge on any atom is -0.451 e. The van der Waals surface area contributed by atoms with E-state index in [1.54, 1.807) is 20.8 Å². The van der Waals surface area contributed by atoms with Gasteiger partial charge in [-0.15, -0.1) is 10.2 Å². The second-order valence-electron chi connectivity index (χ2n) is 4.60. The predicted octanol–water partition coefficient (Wildman–Crippen LogP) is 2.07. The highest BCUT2D eigenvalue weighted by Gasteiger charge is 2.41. The lowest BCUT2D eigenvalue weighted by molar-refractivity contribution is -0.145. The van der Waals surface area contributed by atoms with Gasteiger partial charge in [0.1, 0.15) is 11.2 Å². The Balaban J connectivity index is 2.20. The first-order chi connectivity index (χ1) is 9.22. The molecule has 0 aliphatic carbocycles. The second kappa shape index (κ2) is 4.89. The van der Waals surface area contributed by atoms with Gasteiger partial charge in [0.15, 0.2) is 5.01 Å². The van der Waals surface area contributed by atoms with E-state index in [9.17, 15) is 18.4 Å². The van der Waals surface area contributed by atoms with E-state index in [-0.39, 0.29) is 10.7 Å². The van der Waals surface area contributed by atoms with E-state index in [1.165, 1.54) is 0 Å². The molecule has 1 aromatic rings. The number of nitrogens with one attached hydrogen (secondary N) is 1. The van der Waals surface area contributed by atoms with E-state index >= 15 is 0 Å². The van der Waals surface area contributed by atoms with E-state index in [0.29, 0.717) is 16.9 Å². The van der Waals surface area contributed by atoms with E-state index in [2.05, 4.69) is 15.5 Å². The molecular weight excluding hydrogens is 292 g/mol. The molecule has 0 unspecified atom stereocenters. The summed E-state index contributed by atoms with van der Waals surface area (Å²) >= 11 is 0.552. The normalized spacial score (nSPS) is 17.6. The summed E-state index contributed by atoms with van der Waals surface area (Å²) in [5.41, 5.74) is -0.527. The molecular formula is C11H11F2N3O3S. The number of nitrogens with zero attached hydrogens (tertiary/aromatic N) is 2. The van der Waals surface area contributed by atoms with Crippen molar-refractivity contribution in [1.29, 1.82) is 0 Å². The van der Waals surface area contributed by atoms with Gasteiger partial charge in [-0.05, 0) is 26.3 Å². The minimum absolute atomic E-state index is 0.0943. The average molecular weight is 303 g/mol. The van der Waals surface area contributed by atoms with Crippen LogP contribution in [0.2, 0.25) is 0 Å². The van der Waals surface area contributed by atoms with Crippen molar-refractivity contribution < 1.29 is 23.1 Å². The summed E-state index contributed by atoms with van der Waals surface area (Å²) in [6.07, 6.45) is -2.76. The molecule has 0 bridgehead atoms. The summed E-state index contributed by atoms with van der Waals surface area (Å²) in [7, 11) is 0. The lowest BCUT2D eigenvalue weighted by atomic mass is 9.97. The number of alkyl halides is 2. The molecule has 0 saturated carbocycles. The Kier molecular flexibility index (Phi) is 3.55. The van der Waals surface area contributed by atoms with Crippen LogP contribution in [-0.2, 0) is 14.3 Å². The summed E-state index contributed by atoms with van der Waals surface area (Å²) in [5.74, 6) is -1.49. The molecule has 2 rings (SSSR count). The van der Waals surface area contributed by atoms with Crippen molar-refractivity contribution in [3.8, 4) is 0 Å². The van der Waals surface area contributed by atoms with Crippen LogP contribution in [0.5, 0.6) is 0 Å². The first-order valence-electron chi connectivity index (χ1n) is 5.60. The van der Waals surface area contributed by atoms with Crippen LogP contribution >= 0.6 is 11.3 Å². The van der Waals surface area contributed by atoms with E-state index in [1.807, 2.05) is 0 Å². The number of amides is 1. The van der Waals surface area contributed by atoms with E-state index in [0.717, 1.165) is 0 Å². The molecule has 0 spiro atoms. The molecule has 20 heavy (non-hydrogen) atoms. The Morgan fingerprint density at radius 1 is 1.40 bits per heavy atom. The highest BCUT2D eigenvalue weighted by atomic mass is 32.1. The van der Waals surface area contributed by atoms with Crippen molar-refractivity contribution in [1.82, 2.24) is 10.2 Å². The Hall–Kier alpha value is -1.90. The van der Waals surface area contributed by atoms with Crippen LogP contribution in [-0.4, -0.2) is 27.7 Å². The molecule has 0 aromatic carbocycles. The van der Waals surface area contributed by atoms with Crippen LogP contribution in [0, 0.1) is 0 Å². The fraction of sp³-hybridized carbons (Fsp3) is 0.455. The number of anilines is 1. The zero-order valence-electron chi connectivity index (χ0n) is 10.9. The first kappa shape index (κ1) is 14.5. The van der Waals surface area contributed by atoms with Gasteiger partial charge in [-0.3, -0.25) is 10.1 Å². The Morgan fingerprint density at radius 3 is 2.50 bits per heavy atom. The number of cyclic esters (lactones) is 1. The Bertz CT molecular complexity index is 610. The number of hydrogen-bond acceptors (Lipinski definition) is 6. The second-order valence-corrected chi connectivity index (χ2v) is 5.61. The number of carbonyl (C=O) groups excluding carboxylic acids is 2. The zero-order chi connectivity index (χ0) is 15.1. The number of esters is 1. The van der Waals surface area contributed by atoms with Gasteiger partial charge >= 0.3 is 5.97 Å².